The van der Waals surface area contributed by atoms with Gasteiger partial charge in [0.2, 0.25) is 11.8 Å². The van der Waals surface area contributed by atoms with Gasteiger partial charge in [-0.1, -0.05) is 69.3 Å². The third-order valence-electron chi connectivity index (χ3n) is 13.9. The number of carbonyl (C=O) groups excluding carboxylic acids is 4. The van der Waals surface area contributed by atoms with E-state index in [1.165, 1.54) is 14.2 Å². The number of ether oxygens (including phenoxy) is 2. The molecule has 5 aromatic rings. The Bertz CT molecular complexity index is 2500. The van der Waals surface area contributed by atoms with Crippen molar-refractivity contribution in [3.05, 3.63) is 84.7 Å². The number of benzene rings is 3. The topological polar surface area (TPSA) is 175 Å². The van der Waals surface area contributed by atoms with Crippen LogP contribution in [0.4, 0.5) is 9.59 Å². The summed E-state index contributed by atoms with van der Waals surface area (Å²) in [5, 5.41) is 7.78. The second-order valence-electron chi connectivity index (χ2n) is 18.8. The Morgan fingerprint density at radius 3 is 2.10 bits per heavy atom. The summed E-state index contributed by atoms with van der Waals surface area (Å²) in [4.78, 5) is 72.6. The number of imidazole rings is 2. The second kappa shape index (κ2) is 17.2. The van der Waals surface area contributed by atoms with E-state index >= 15 is 0 Å². The van der Waals surface area contributed by atoms with Crippen molar-refractivity contribution in [2.75, 3.05) is 20.8 Å². The standard InChI is InChI=1S/C49H58N8O6/c1-28(2)42(54-47(60)62-4)45(58)56(37-17-6-29(3)20-37)26-41-50-24-39(52-41)36-16-15-34-21-33(13-14-35(34)22-36)30-7-9-31(10-8-30)38-25-51-44(53-38)40-23-49(18-19-49)27-57(40)46(59)43(32-11-12-32)55-48(61)63-5/h7-10,13-16,21-22,24-25,28-29,32,37,40,42-43H,6,11-12,17-20,23,26-27H2,1-5H3,(H,50,52)(H,51,53)(H,54,60)(H,55,61)/t29-,37+,40-,42-,43-/m0/s1. The molecule has 3 aliphatic carbocycles. The van der Waals surface area contributed by atoms with Crippen molar-refractivity contribution in [1.82, 2.24) is 40.4 Å². The molecule has 1 spiro atoms. The number of carbonyl (C=O) groups is 4. The monoisotopic (exact) mass is 854 g/mol. The Morgan fingerprint density at radius 2 is 1.44 bits per heavy atom. The number of aromatic nitrogens is 4. The summed E-state index contributed by atoms with van der Waals surface area (Å²) in [5.41, 5.74) is 6.09. The Morgan fingerprint density at radius 1 is 0.810 bits per heavy atom. The Labute approximate surface area is 367 Å². The van der Waals surface area contributed by atoms with Gasteiger partial charge >= 0.3 is 12.2 Å². The molecule has 14 heteroatoms. The number of H-pyrrole nitrogens is 2. The molecule has 0 bridgehead atoms. The number of fused-ring (bicyclic) bond motifs is 1. The predicted octanol–water partition coefficient (Wildman–Crippen LogP) is 8.37. The molecule has 0 radical (unpaired) electrons. The molecule has 0 unspecified atom stereocenters. The number of alkyl carbamates (subject to hydrolysis) is 2. The van der Waals surface area contributed by atoms with Crippen molar-refractivity contribution < 1.29 is 28.7 Å². The van der Waals surface area contributed by atoms with Gasteiger partial charge in [0.25, 0.3) is 0 Å². The largest absolute Gasteiger partial charge is 0.453 e. The van der Waals surface area contributed by atoms with Gasteiger partial charge < -0.3 is 39.9 Å². The van der Waals surface area contributed by atoms with Crippen LogP contribution in [0, 0.1) is 23.2 Å². The lowest BCUT2D eigenvalue weighted by Crippen LogP contribution is -2.53. The number of likely N-dealkylation sites (tertiary alicyclic amines) is 1. The minimum atomic E-state index is -0.705. The van der Waals surface area contributed by atoms with E-state index in [0.717, 1.165) is 102 Å². The van der Waals surface area contributed by atoms with Gasteiger partial charge in [-0.25, -0.2) is 19.6 Å². The minimum Gasteiger partial charge on any atom is -0.453 e. The van der Waals surface area contributed by atoms with Crippen LogP contribution < -0.4 is 10.6 Å². The highest BCUT2D eigenvalue weighted by Crippen LogP contribution is 2.58. The van der Waals surface area contributed by atoms with Crippen LogP contribution >= 0.6 is 0 Å². The number of rotatable bonds is 13. The summed E-state index contributed by atoms with van der Waals surface area (Å²) in [7, 11) is 2.63. The molecule has 3 aromatic carbocycles. The highest BCUT2D eigenvalue weighted by molar-refractivity contribution is 5.91. The number of aromatic amines is 2. The van der Waals surface area contributed by atoms with Gasteiger partial charge in [-0.15, -0.1) is 0 Å². The fourth-order valence-electron chi connectivity index (χ4n) is 9.81. The van der Waals surface area contributed by atoms with Crippen LogP contribution in [0.1, 0.15) is 89.8 Å². The summed E-state index contributed by atoms with van der Waals surface area (Å²) >= 11 is 0. The van der Waals surface area contributed by atoms with E-state index in [9.17, 15) is 19.2 Å². The van der Waals surface area contributed by atoms with Crippen molar-refractivity contribution in [2.24, 2.45) is 23.2 Å². The molecule has 1 aliphatic heterocycles. The van der Waals surface area contributed by atoms with Gasteiger partial charge in [0, 0.05) is 18.2 Å². The molecule has 14 nitrogen and oxygen atoms in total. The molecule has 1 saturated heterocycles. The highest BCUT2D eigenvalue weighted by Gasteiger charge is 2.56. The van der Waals surface area contributed by atoms with Gasteiger partial charge in [-0.3, -0.25) is 9.59 Å². The molecule has 4 aliphatic rings. The van der Waals surface area contributed by atoms with Gasteiger partial charge in [0.15, 0.2) is 0 Å². The summed E-state index contributed by atoms with van der Waals surface area (Å²) < 4.78 is 9.69. The highest BCUT2D eigenvalue weighted by atomic mass is 16.5. The molecule has 63 heavy (non-hydrogen) atoms. The first-order chi connectivity index (χ1) is 30.4. The van der Waals surface area contributed by atoms with Crippen LogP contribution in [0.5, 0.6) is 0 Å². The summed E-state index contributed by atoms with van der Waals surface area (Å²) in [6.45, 7) is 7.07. The number of hydrogen-bond acceptors (Lipinski definition) is 8. The number of nitrogens with zero attached hydrogens (tertiary/aromatic N) is 4. The van der Waals surface area contributed by atoms with Gasteiger partial charge in [0.05, 0.1) is 50.6 Å². The Kier molecular flexibility index (Phi) is 11.5. The van der Waals surface area contributed by atoms with Gasteiger partial charge in [-0.2, -0.15) is 0 Å². The lowest BCUT2D eigenvalue weighted by Gasteiger charge is -2.33. The molecule has 9 rings (SSSR count). The number of hydrogen-bond donors (Lipinski definition) is 4. The van der Waals surface area contributed by atoms with Crippen LogP contribution in [0.2, 0.25) is 0 Å². The van der Waals surface area contributed by atoms with Crippen molar-refractivity contribution in [3.63, 3.8) is 0 Å². The zero-order valence-electron chi connectivity index (χ0n) is 36.8. The van der Waals surface area contributed by atoms with Crippen LogP contribution in [0.3, 0.4) is 0 Å². The summed E-state index contributed by atoms with van der Waals surface area (Å²) in [6.07, 6.45) is 10.3. The average molecular weight is 855 g/mol. The summed E-state index contributed by atoms with van der Waals surface area (Å²) in [6, 6.07) is 19.9. The second-order valence-corrected chi connectivity index (χ2v) is 18.8. The number of amides is 4. The lowest BCUT2D eigenvalue weighted by atomic mass is 9.98. The SMILES string of the molecule is COC(=O)N[C@H](C(=O)N(Cc1ncc(-c2ccc3cc(-c4ccc(-c5cnc([C@@H]6CC7(CC7)CN6C(=O)[C@@H](NC(=O)OC)C6CC6)[nH]5)cc4)ccc3c2)[nH]1)[C@@H]1CC[C@H](C)C1)C(C)C. The van der Waals surface area contributed by atoms with Gasteiger partial charge in [-0.05, 0) is 114 Å². The van der Waals surface area contributed by atoms with Crippen molar-refractivity contribution in [2.45, 2.75) is 103 Å². The van der Waals surface area contributed by atoms with E-state index in [1.807, 2.05) is 36.0 Å². The summed E-state index contributed by atoms with van der Waals surface area (Å²) in [5.74, 6) is 1.85. The molecular weight excluding hydrogens is 797 g/mol. The van der Waals surface area contributed by atoms with Crippen molar-refractivity contribution >= 4 is 34.8 Å². The first-order valence-electron chi connectivity index (χ1n) is 22.4. The van der Waals surface area contributed by atoms with Crippen molar-refractivity contribution in [3.8, 4) is 33.6 Å². The zero-order valence-corrected chi connectivity index (χ0v) is 36.8. The van der Waals surface area contributed by atoms with Crippen molar-refractivity contribution in [1.29, 1.82) is 0 Å². The van der Waals surface area contributed by atoms with Crippen LogP contribution in [-0.2, 0) is 25.6 Å². The van der Waals surface area contributed by atoms with E-state index < -0.39 is 24.3 Å². The third-order valence-corrected chi connectivity index (χ3v) is 13.9. The molecule has 4 N–H and O–H groups in total. The lowest BCUT2D eigenvalue weighted by molar-refractivity contribution is -0.137. The molecule has 330 valence electrons. The first kappa shape index (κ1) is 42.1. The third kappa shape index (κ3) is 8.90. The fraction of sp³-hybridized carbons (Fsp3) is 0.469. The number of nitrogens with one attached hydrogen (secondary N) is 4. The maximum absolute atomic E-state index is 14.0. The maximum atomic E-state index is 14.0. The quantitative estimate of drug-likeness (QED) is 0.0914. The molecular formula is C49H58N8O6. The average Bonchev–Trinajstić information content (AvgIpc) is 3.99. The smallest absolute Gasteiger partial charge is 0.407 e. The predicted molar refractivity (Wildman–Crippen MR) is 239 cm³/mol. The van der Waals surface area contributed by atoms with E-state index in [0.29, 0.717) is 24.8 Å². The maximum Gasteiger partial charge on any atom is 0.407 e. The fourth-order valence-corrected chi connectivity index (χ4v) is 9.81. The van der Waals surface area contributed by atoms with E-state index in [1.54, 1.807) is 0 Å². The minimum absolute atomic E-state index is 0.0462. The van der Waals surface area contributed by atoms with E-state index in [2.05, 4.69) is 88.2 Å². The van der Waals surface area contributed by atoms with Crippen LogP contribution in [-0.4, -0.2) is 92.6 Å². The Balaban J connectivity index is 0.879. The molecule has 3 heterocycles. The molecule has 4 fully saturated rings. The van der Waals surface area contributed by atoms with Crippen LogP contribution in [0.15, 0.2) is 73.1 Å². The molecule has 2 aromatic heterocycles. The van der Waals surface area contributed by atoms with Crippen LogP contribution in [0.25, 0.3) is 44.4 Å². The van der Waals surface area contributed by atoms with Gasteiger partial charge in [0.1, 0.15) is 23.7 Å². The first-order valence-corrected chi connectivity index (χ1v) is 22.4. The van der Waals surface area contributed by atoms with E-state index in [4.69, 9.17) is 19.4 Å². The van der Waals surface area contributed by atoms with E-state index in [-0.39, 0.29) is 41.1 Å². The molecule has 3 saturated carbocycles. The zero-order chi connectivity index (χ0) is 44.0. The normalized spacial score (nSPS) is 21.0. The molecule has 4 amide bonds. The molecule has 5 atom stereocenters. The number of methoxy groups -OCH3 is 2. The Hall–Kier alpha value is -6.18.